The number of aliphatic carboxylic acids is 1. The number of hydrogen-bond donors (Lipinski definition) is 1. The lowest BCUT2D eigenvalue weighted by atomic mass is 10.0. The molecule has 0 aliphatic carbocycles. The number of oxazole rings is 1. The van der Waals surface area contributed by atoms with Gasteiger partial charge in [0.25, 0.3) is 0 Å². The molecule has 0 aliphatic rings. The Morgan fingerprint density at radius 1 is 1.47 bits per heavy atom. The Hall–Kier alpha value is -2.30. The second-order valence-corrected chi connectivity index (χ2v) is 4.22. The Kier molecular flexibility index (Phi) is 3.85. The van der Waals surface area contributed by atoms with E-state index in [4.69, 9.17) is 14.3 Å². The van der Waals surface area contributed by atoms with Crippen molar-refractivity contribution in [2.24, 2.45) is 0 Å². The van der Waals surface area contributed by atoms with E-state index in [9.17, 15) is 4.79 Å². The van der Waals surface area contributed by atoms with E-state index in [0.717, 1.165) is 11.1 Å². The van der Waals surface area contributed by atoms with Gasteiger partial charge in [0.15, 0.2) is 6.39 Å². The lowest BCUT2D eigenvalue weighted by molar-refractivity contribution is -0.137. The average molecular weight is 261 g/mol. The van der Waals surface area contributed by atoms with Crippen LogP contribution in [0.4, 0.5) is 0 Å². The Morgan fingerprint density at radius 3 is 2.95 bits per heavy atom. The first-order valence-corrected chi connectivity index (χ1v) is 5.91. The van der Waals surface area contributed by atoms with Gasteiger partial charge in [-0.3, -0.25) is 4.79 Å². The molecule has 1 heterocycles. The zero-order valence-corrected chi connectivity index (χ0v) is 10.8. The summed E-state index contributed by atoms with van der Waals surface area (Å²) in [6.45, 7) is 1.97. The fourth-order valence-electron chi connectivity index (χ4n) is 1.89. The van der Waals surface area contributed by atoms with Crippen molar-refractivity contribution in [3.8, 4) is 17.0 Å². The van der Waals surface area contributed by atoms with Gasteiger partial charge in [-0.15, -0.1) is 0 Å². The Balaban J connectivity index is 2.39. The molecule has 0 spiro atoms. The van der Waals surface area contributed by atoms with Crippen LogP contribution in [-0.4, -0.2) is 23.2 Å². The van der Waals surface area contributed by atoms with E-state index < -0.39 is 5.97 Å². The number of nitrogens with zero attached hydrogens (tertiary/aromatic N) is 1. The van der Waals surface area contributed by atoms with Crippen LogP contribution in [0.15, 0.2) is 29.0 Å². The molecule has 0 radical (unpaired) electrons. The molecule has 5 heteroatoms. The second kappa shape index (κ2) is 5.56. The molecule has 5 nitrogen and oxygen atoms in total. The van der Waals surface area contributed by atoms with Crippen molar-refractivity contribution in [1.29, 1.82) is 0 Å². The molecule has 0 saturated carbocycles. The predicted octanol–water partition coefficient (Wildman–Crippen LogP) is 2.68. The van der Waals surface area contributed by atoms with E-state index >= 15 is 0 Å². The highest BCUT2D eigenvalue weighted by molar-refractivity contribution is 5.71. The predicted molar refractivity (Wildman–Crippen MR) is 69.2 cm³/mol. The van der Waals surface area contributed by atoms with Crippen LogP contribution in [0.5, 0.6) is 5.75 Å². The number of carbonyl (C=O) groups is 1. The maximum atomic E-state index is 10.6. The number of hydrogen-bond acceptors (Lipinski definition) is 4. The van der Waals surface area contributed by atoms with Gasteiger partial charge >= 0.3 is 5.97 Å². The van der Waals surface area contributed by atoms with E-state index in [-0.39, 0.29) is 6.42 Å². The number of carboxylic acid groups (broad SMARTS) is 1. The smallest absolute Gasteiger partial charge is 0.303 e. The van der Waals surface area contributed by atoms with Crippen LogP contribution in [-0.2, 0) is 11.2 Å². The molecule has 19 heavy (non-hydrogen) atoms. The van der Waals surface area contributed by atoms with Crippen LogP contribution in [0.2, 0.25) is 0 Å². The fraction of sp³-hybridized carbons (Fsp3) is 0.286. The Morgan fingerprint density at radius 2 is 2.26 bits per heavy atom. The molecule has 1 aromatic carbocycles. The molecule has 1 aromatic heterocycles. The van der Waals surface area contributed by atoms with E-state index in [1.54, 1.807) is 7.11 Å². The standard InChI is InChI=1S/C14H15NO4/c1-9-3-4-11(18-2)10(7-9)14-12(19-8-15-14)5-6-13(16)17/h3-4,7-8H,5-6H2,1-2H3,(H,16,17). The summed E-state index contributed by atoms with van der Waals surface area (Å²) in [5.41, 5.74) is 2.53. The normalized spacial score (nSPS) is 10.4. The second-order valence-electron chi connectivity index (χ2n) is 4.22. The van der Waals surface area contributed by atoms with Crippen molar-refractivity contribution in [1.82, 2.24) is 4.98 Å². The van der Waals surface area contributed by atoms with Crippen molar-refractivity contribution in [2.45, 2.75) is 19.8 Å². The summed E-state index contributed by atoms with van der Waals surface area (Å²) >= 11 is 0. The van der Waals surface area contributed by atoms with Crippen LogP contribution in [0.1, 0.15) is 17.7 Å². The molecule has 0 saturated heterocycles. The Bertz CT molecular complexity index is 589. The maximum absolute atomic E-state index is 10.6. The monoisotopic (exact) mass is 261 g/mol. The number of rotatable bonds is 5. The van der Waals surface area contributed by atoms with Crippen molar-refractivity contribution >= 4 is 5.97 Å². The van der Waals surface area contributed by atoms with Crippen molar-refractivity contribution in [3.63, 3.8) is 0 Å². The topological polar surface area (TPSA) is 72.6 Å². The first kappa shape index (κ1) is 13.1. The molecule has 2 aromatic rings. The molecule has 0 fully saturated rings. The summed E-state index contributed by atoms with van der Waals surface area (Å²) in [5, 5.41) is 8.73. The van der Waals surface area contributed by atoms with Crippen LogP contribution in [0.25, 0.3) is 11.3 Å². The molecule has 0 atom stereocenters. The molecule has 0 bridgehead atoms. The van der Waals surface area contributed by atoms with Crippen molar-refractivity contribution < 1.29 is 19.1 Å². The summed E-state index contributed by atoms with van der Waals surface area (Å²) in [4.78, 5) is 14.8. The molecule has 0 unspecified atom stereocenters. The van der Waals surface area contributed by atoms with Crippen LogP contribution < -0.4 is 4.74 Å². The lowest BCUT2D eigenvalue weighted by Crippen LogP contribution is -1.98. The number of carboxylic acids is 1. The summed E-state index contributed by atoms with van der Waals surface area (Å²) < 4.78 is 10.6. The van der Waals surface area contributed by atoms with Gasteiger partial charge in [-0.05, 0) is 19.1 Å². The van der Waals surface area contributed by atoms with Crippen molar-refractivity contribution in [3.05, 3.63) is 35.9 Å². The highest BCUT2D eigenvalue weighted by Crippen LogP contribution is 2.32. The third kappa shape index (κ3) is 2.93. The van der Waals surface area contributed by atoms with Gasteiger partial charge < -0.3 is 14.3 Å². The van der Waals surface area contributed by atoms with Crippen LogP contribution >= 0.6 is 0 Å². The third-order valence-electron chi connectivity index (χ3n) is 2.82. The quantitative estimate of drug-likeness (QED) is 0.895. The SMILES string of the molecule is COc1ccc(C)cc1-c1ncoc1CCC(=O)O. The summed E-state index contributed by atoms with van der Waals surface area (Å²) in [5.74, 6) is 0.390. The van der Waals surface area contributed by atoms with Gasteiger partial charge in [-0.25, -0.2) is 4.98 Å². The minimum Gasteiger partial charge on any atom is -0.496 e. The maximum Gasteiger partial charge on any atom is 0.303 e. The van der Waals surface area contributed by atoms with Gasteiger partial charge in [-0.1, -0.05) is 11.6 Å². The van der Waals surface area contributed by atoms with Crippen molar-refractivity contribution in [2.75, 3.05) is 7.11 Å². The molecule has 2 rings (SSSR count). The number of methoxy groups -OCH3 is 1. The first-order chi connectivity index (χ1) is 9.11. The van der Waals surface area contributed by atoms with E-state index in [1.807, 2.05) is 25.1 Å². The minimum absolute atomic E-state index is 0.0102. The molecule has 0 amide bonds. The van der Waals surface area contributed by atoms with E-state index in [0.29, 0.717) is 23.6 Å². The number of ether oxygens (including phenoxy) is 1. The van der Waals surface area contributed by atoms with Crippen LogP contribution in [0.3, 0.4) is 0 Å². The lowest BCUT2D eigenvalue weighted by Gasteiger charge is -2.08. The Labute approximate surface area is 110 Å². The van der Waals surface area contributed by atoms with Gasteiger partial charge in [0.05, 0.1) is 13.5 Å². The molecule has 1 N–H and O–H groups in total. The summed E-state index contributed by atoms with van der Waals surface area (Å²) in [6.07, 6.45) is 1.65. The number of aromatic nitrogens is 1. The molecule has 0 aliphatic heterocycles. The molecular weight excluding hydrogens is 246 g/mol. The molecule has 100 valence electrons. The average Bonchev–Trinajstić information content (AvgIpc) is 2.84. The van der Waals surface area contributed by atoms with Crippen LogP contribution in [0, 0.1) is 6.92 Å². The third-order valence-corrected chi connectivity index (χ3v) is 2.82. The van der Waals surface area contributed by atoms with E-state index in [1.165, 1.54) is 6.39 Å². The largest absolute Gasteiger partial charge is 0.496 e. The van der Waals surface area contributed by atoms with Gasteiger partial charge in [0.1, 0.15) is 17.2 Å². The minimum atomic E-state index is -0.862. The first-order valence-electron chi connectivity index (χ1n) is 5.91. The van der Waals surface area contributed by atoms with Gasteiger partial charge in [-0.2, -0.15) is 0 Å². The zero-order chi connectivity index (χ0) is 13.8. The molecular formula is C14H15NO4. The van der Waals surface area contributed by atoms with Gasteiger partial charge in [0, 0.05) is 12.0 Å². The van der Waals surface area contributed by atoms with E-state index in [2.05, 4.69) is 4.98 Å². The zero-order valence-electron chi connectivity index (χ0n) is 10.8. The van der Waals surface area contributed by atoms with Gasteiger partial charge in [0.2, 0.25) is 0 Å². The number of benzene rings is 1. The highest BCUT2D eigenvalue weighted by atomic mass is 16.5. The summed E-state index contributed by atoms with van der Waals surface area (Å²) in [7, 11) is 1.59. The number of aryl methyl sites for hydroxylation is 2. The highest BCUT2D eigenvalue weighted by Gasteiger charge is 2.16. The summed E-state index contributed by atoms with van der Waals surface area (Å²) in [6, 6.07) is 5.75. The fourth-order valence-corrected chi connectivity index (χ4v) is 1.89.